The fourth-order valence-electron chi connectivity index (χ4n) is 2.42. The van der Waals surface area contributed by atoms with Crippen LogP contribution in [0.3, 0.4) is 0 Å². The Morgan fingerprint density at radius 3 is 2.50 bits per heavy atom. The Balaban J connectivity index is 1.73. The van der Waals surface area contributed by atoms with E-state index in [9.17, 15) is 4.79 Å². The van der Waals surface area contributed by atoms with Crippen molar-refractivity contribution in [2.24, 2.45) is 0 Å². The van der Waals surface area contributed by atoms with E-state index in [4.69, 9.17) is 4.42 Å². The second-order valence-electron chi connectivity index (χ2n) is 5.86. The van der Waals surface area contributed by atoms with Crippen LogP contribution in [-0.4, -0.2) is 16.2 Å². The third-order valence-corrected chi connectivity index (χ3v) is 3.99. The van der Waals surface area contributed by atoms with Crippen LogP contribution in [0, 0.1) is 27.7 Å². The second kappa shape index (κ2) is 6.23. The smallest absolute Gasteiger partial charge is 0.324 e. The quantitative estimate of drug-likeness (QED) is 0.661. The van der Waals surface area contributed by atoms with Gasteiger partial charge in [-0.05, 0) is 63.1 Å². The van der Waals surface area contributed by atoms with Crippen molar-refractivity contribution in [3.8, 4) is 11.5 Å². The normalized spacial score (nSPS) is 10.7. The SMILES string of the molecule is Cc1ccc(-c2[nH]nc(NC(=O)Nc3ccc(C)c(C)c3)c2C)o1. The zero-order valence-electron chi connectivity index (χ0n) is 14.2. The third kappa shape index (κ3) is 3.17. The summed E-state index contributed by atoms with van der Waals surface area (Å²) in [4.78, 5) is 12.2. The van der Waals surface area contributed by atoms with Gasteiger partial charge in [0.2, 0.25) is 0 Å². The van der Waals surface area contributed by atoms with Gasteiger partial charge in [-0.1, -0.05) is 6.07 Å². The van der Waals surface area contributed by atoms with Gasteiger partial charge in [-0.25, -0.2) is 4.79 Å². The molecule has 0 saturated heterocycles. The van der Waals surface area contributed by atoms with Crippen molar-refractivity contribution < 1.29 is 9.21 Å². The number of nitrogens with one attached hydrogen (secondary N) is 3. The maximum absolute atomic E-state index is 12.2. The van der Waals surface area contributed by atoms with Crippen LogP contribution in [0.25, 0.3) is 11.5 Å². The highest BCUT2D eigenvalue weighted by molar-refractivity contribution is 6.00. The molecule has 0 fully saturated rings. The summed E-state index contributed by atoms with van der Waals surface area (Å²) in [5, 5.41) is 12.6. The minimum Gasteiger partial charge on any atom is -0.460 e. The summed E-state index contributed by atoms with van der Waals surface area (Å²) in [6, 6.07) is 9.20. The van der Waals surface area contributed by atoms with E-state index < -0.39 is 0 Å². The average Bonchev–Trinajstić information content (AvgIpc) is 3.10. The minimum atomic E-state index is -0.338. The lowest BCUT2D eigenvalue weighted by Gasteiger charge is -2.08. The van der Waals surface area contributed by atoms with Crippen LogP contribution in [-0.2, 0) is 0 Å². The first-order chi connectivity index (χ1) is 11.4. The van der Waals surface area contributed by atoms with Gasteiger partial charge in [0.25, 0.3) is 0 Å². The molecule has 0 bridgehead atoms. The predicted octanol–water partition coefficient (Wildman–Crippen LogP) is 4.55. The van der Waals surface area contributed by atoms with E-state index in [1.54, 1.807) is 0 Å². The number of anilines is 2. The van der Waals surface area contributed by atoms with Gasteiger partial charge in [0.15, 0.2) is 11.6 Å². The van der Waals surface area contributed by atoms with Crippen molar-refractivity contribution in [3.05, 3.63) is 52.8 Å². The molecule has 0 aliphatic rings. The van der Waals surface area contributed by atoms with E-state index in [0.717, 1.165) is 28.3 Å². The maximum Gasteiger partial charge on any atom is 0.324 e. The maximum atomic E-state index is 12.2. The molecule has 0 spiro atoms. The first kappa shape index (κ1) is 15.9. The molecule has 6 nitrogen and oxygen atoms in total. The number of aryl methyl sites for hydroxylation is 3. The lowest BCUT2D eigenvalue weighted by molar-refractivity contribution is 0.262. The van der Waals surface area contributed by atoms with E-state index in [1.165, 1.54) is 5.56 Å². The topological polar surface area (TPSA) is 83.0 Å². The van der Waals surface area contributed by atoms with Gasteiger partial charge in [-0.2, -0.15) is 5.10 Å². The number of aromatic amines is 1. The molecule has 2 amide bonds. The largest absolute Gasteiger partial charge is 0.460 e. The van der Waals surface area contributed by atoms with Gasteiger partial charge in [0.05, 0.1) is 0 Å². The number of furan rings is 1. The lowest BCUT2D eigenvalue weighted by Crippen LogP contribution is -2.20. The first-order valence-electron chi connectivity index (χ1n) is 7.71. The Morgan fingerprint density at radius 1 is 1.04 bits per heavy atom. The van der Waals surface area contributed by atoms with Crippen LogP contribution in [0.4, 0.5) is 16.3 Å². The molecule has 0 aliphatic carbocycles. The summed E-state index contributed by atoms with van der Waals surface area (Å²) in [5.41, 5.74) is 4.62. The van der Waals surface area contributed by atoms with Gasteiger partial charge in [0.1, 0.15) is 11.5 Å². The van der Waals surface area contributed by atoms with Gasteiger partial charge >= 0.3 is 6.03 Å². The number of amides is 2. The molecule has 2 aromatic heterocycles. The number of benzene rings is 1. The predicted molar refractivity (Wildman–Crippen MR) is 94.3 cm³/mol. The first-order valence-corrected chi connectivity index (χ1v) is 7.71. The Hall–Kier alpha value is -3.02. The number of aromatic nitrogens is 2. The summed E-state index contributed by atoms with van der Waals surface area (Å²) in [7, 11) is 0. The van der Waals surface area contributed by atoms with E-state index in [2.05, 4.69) is 20.8 Å². The van der Waals surface area contributed by atoms with E-state index in [0.29, 0.717) is 11.6 Å². The van der Waals surface area contributed by atoms with E-state index >= 15 is 0 Å². The summed E-state index contributed by atoms with van der Waals surface area (Å²) in [5.74, 6) is 1.99. The molecule has 0 saturated carbocycles. The van der Waals surface area contributed by atoms with Crippen LogP contribution in [0.15, 0.2) is 34.7 Å². The van der Waals surface area contributed by atoms with Gasteiger partial charge in [0, 0.05) is 11.3 Å². The van der Waals surface area contributed by atoms with E-state index in [-0.39, 0.29) is 6.03 Å². The van der Waals surface area contributed by atoms with Gasteiger partial charge in [-0.3, -0.25) is 10.4 Å². The Bertz CT molecular complexity index is 892. The van der Waals surface area contributed by atoms with Crippen LogP contribution >= 0.6 is 0 Å². The number of carbonyl (C=O) groups excluding carboxylic acids is 1. The molecule has 2 heterocycles. The zero-order valence-corrected chi connectivity index (χ0v) is 14.2. The Morgan fingerprint density at radius 2 is 1.83 bits per heavy atom. The van der Waals surface area contributed by atoms with Crippen LogP contribution < -0.4 is 10.6 Å². The number of hydrogen-bond acceptors (Lipinski definition) is 3. The zero-order chi connectivity index (χ0) is 17.3. The molecule has 6 heteroatoms. The lowest BCUT2D eigenvalue weighted by atomic mass is 10.1. The van der Waals surface area contributed by atoms with Gasteiger partial charge < -0.3 is 9.73 Å². The molecule has 0 atom stereocenters. The minimum absolute atomic E-state index is 0.338. The molecule has 0 aliphatic heterocycles. The molecule has 124 valence electrons. The van der Waals surface area contributed by atoms with Crippen molar-refractivity contribution in [2.45, 2.75) is 27.7 Å². The molecular weight excluding hydrogens is 304 g/mol. The fourth-order valence-corrected chi connectivity index (χ4v) is 2.42. The fraction of sp³-hybridized carbons (Fsp3) is 0.222. The molecule has 3 aromatic rings. The molecule has 24 heavy (non-hydrogen) atoms. The third-order valence-electron chi connectivity index (χ3n) is 3.99. The molecule has 0 radical (unpaired) electrons. The van der Waals surface area contributed by atoms with Gasteiger partial charge in [-0.15, -0.1) is 0 Å². The van der Waals surface area contributed by atoms with Crippen molar-refractivity contribution >= 4 is 17.5 Å². The number of hydrogen-bond donors (Lipinski definition) is 3. The standard InChI is InChI=1S/C18H20N4O2/c1-10-5-7-14(9-11(10)2)19-18(23)20-17-13(4)16(21-22-17)15-8-6-12(3)24-15/h5-9H,1-4H3,(H3,19,20,21,22,23). The van der Waals surface area contributed by atoms with Crippen LogP contribution in [0.2, 0.25) is 0 Å². The Kier molecular flexibility index (Phi) is 4.12. The van der Waals surface area contributed by atoms with E-state index in [1.807, 2.05) is 58.0 Å². The van der Waals surface area contributed by atoms with Crippen molar-refractivity contribution in [2.75, 3.05) is 10.6 Å². The number of nitrogens with zero attached hydrogens (tertiary/aromatic N) is 1. The molecule has 1 aromatic carbocycles. The highest BCUT2D eigenvalue weighted by Gasteiger charge is 2.15. The average molecular weight is 324 g/mol. The molecule has 3 N–H and O–H groups in total. The number of carbonyl (C=O) groups is 1. The summed E-state index contributed by atoms with van der Waals surface area (Å²) < 4.78 is 5.59. The second-order valence-corrected chi connectivity index (χ2v) is 5.86. The molecule has 0 unspecified atom stereocenters. The Labute approximate surface area is 140 Å². The summed E-state index contributed by atoms with van der Waals surface area (Å²) in [6.07, 6.45) is 0. The summed E-state index contributed by atoms with van der Waals surface area (Å²) in [6.45, 7) is 7.80. The number of urea groups is 1. The molecule has 3 rings (SSSR count). The van der Waals surface area contributed by atoms with Crippen molar-refractivity contribution in [3.63, 3.8) is 0 Å². The van der Waals surface area contributed by atoms with Crippen LogP contribution in [0.5, 0.6) is 0 Å². The monoisotopic (exact) mass is 324 g/mol. The number of rotatable bonds is 3. The highest BCUT2D eigenvalue weighted by Crippen LogP contribution is 2.27. The van der Waals surface area contributed by atoms with Crippen molar-refractivity contribution in [1.82, 2.24) is 10.2 Å². The van der Waals surface area contributed by atoms with Crippen molar-refractivity contribution in [1.29, 1.82) is 0 Å². The van der Waals surface area contributed by atoms with Crippen LogP contribution in [0.1, 0.15) is 22.5 Å². The molecular formula is C18H20N4O2. The summed E-state index contributed by atoms with van der Waals surface area (Å²) >= 11 is 0. The number of H-pyrrole nitrogens is 1. The highest BCUT2D eigenvalue weighted by atomic mass is 16.3.